The molecule has 0 saturated heterocycles. The number of fused-ring (bicyclic) bond motifs is 1. The molecule has 0 aliphatic heterocycles. The normalized spacial score (nSPS) is 39.4. The predicted octanol–water partition coefficient (Wildman–Crippen LogP) is 6.16. The maximum Gasteiger partial charge on any atom is 0.0646 e. The highest BCUT2D eigenvalue weighted by Gasteiger charge is 2.52. The highest BCUT2D eigenvalue weighted by molar-refractivity contribution is 5.21. The van der Waals surface area contributed by atoms with Gasteiger partial charge in [0, 0.05) is 7.11 Å². The van der Waals surface area contributed by atoms with E-state index in [1.165, 1.54) is 44.1 Å². The zero-order valence-electron chi connectivity index (χ0n) is 15.7. The standard InChI is InChI=1S/C21H36O/c1-16(12-15-22-6)10-13-20(4)18(3)11-14-21(5)17(2)8-7-9-19(20)21/h8,12,18-19H,7,9-11,13-15H2,1-6H3/b16-12+/t18-,19-,20+,21+/m0/s1. The van der Waals surface area contributed by atoms with E-state index in [1.54, 1.807) is 12.7 Å². The Morgan fingerprint density at radius 2 is 2.09 bits per heavy atom. The van der Waals surface area contributed by atoms with Crippen LogP contribution in [0.1, 0.15) is 73.1 Å². The maximum absolute atomic E-state index is 5.18. The van der Waals surface area contributed by atoms with Crippen molar-refractivity contribution in [1.29, 1.82) is 0 Å². The lowest BCUT2D eigenvalue weighted by Crippen LogP contribution is -2.49. The first-order chi connectivity index (χ1) is 10.3. The van der Waals surface area contributed by atoms with E-state index in [4.69, 9.17) is 4.74 Å². The van der Waals surface area contributed by atoms with Crippen LogP contribution in [0.15, 0.2) is 23.3 Å². The summed E-state index contributed by atoms with van der Waals surface area (Å²) in [4.78, 5) is 0. The van der Waals surface area contributed by atoms with Crippen molar-refractivity contribution < 1.29 is 4.74 Å². The lowest BCUT2D eigenvalue weighted by Gasteiger charge is -2.58. The van der Waals surface area contributed by atoms with E-state index in [0.29, 0.717) is 10.8 Å². The molecule has 22 heavy (non-hydrogen) atoms. The van der Waals surface area contributed by atoms with Crippen LogP contribution in [0, 0.1) is 22.7 Å². The summed E-state index contributed by atoms with van der Waals surface area (Å²) in [6.07, 6.45) is 12.7. The van der Waals surface area contributed by atoms with Crippen molar-refractivity contribution in [3.8, 4) is 0 Å². The number of methoxy groups -OCH3 is 1. The molecule has 1 saturated carbocycles. The van der Waals surface area contributed by atoms with Crippen LogP contribution >= 0.6 is 0 Å². The molecule has 0 bridgehead atoms. The van der Waals surface area contributed by atoms with E-state index in [-0.39, 0.29) is 0 Å². The fourth-order valence-electron chi connectivity index (χ4n) is 5.13. The molecule has 1 nitrogen and oxygen atoms in total. The summed E-state index contributed by atoms with van der Waals surface area (Å²) in [6, 6.07) is 0. The molecule has 2 rings (SSSR count). The fraction of sp³-hybridized carbons (Fsp3) is 0.810. The Hall–Kier alpha value is -0.560. The SMILES string of the molecule is COC/C=C(\C)CC[C@]1(C)[C@@H](C)CC[C@]2(C)C(C)=CCC[C@@H]12. The first kappa shape index (κ1) is 17.8. The Bertz CT molecular complexity index is 447. The fourth-order valence-corrected chi connectivity index (χ4v) is 5.13. The van der Waals surface area contributed by atoms with Crippen molar-refractivity contribution in [2.75, 3.05) is 13.7 Å². The van der Waals surface area contributed by atoms with Gasteiger partial charge in [-0.1, -0.05) is 44.1 Å². The van der Waals surface area contributed by atoms with E-state index < -0.39 is 0 Å². The van der Waals surface area contributed by atoms with Crippen molar-refractivity contribution in [2.24, 2.45) is 22.7 Å². The molecule has 0 heterocycles. The van der Waals surface area contributed by atoms with Crippen LogP contribution in [0.5, 0.6) is 0 Å². The number of hydrogen-bond acceptors (Lipinski definition) is 1. The maximum atomic E-state index is 5.18. The van der Waals surface area contributed by atoms with Crippen molar-refractivity contribution in [1.82, 2.24) is 0 Å². The number of rotatable bonds is 5. The minimum atomic E-state index is 0.448. The van der Waals surface area contributed by atoms with E-state index in [1.807, 2.05) is 0 Å². The Morgan fingerprint density at radius 1 is 1.36 bits per heavy atom. The van der Waals surface area contributed by atoms with Gasteiger partial charge in [0.15, 0.2) is 0 Å². The third-order valence-electron chi connectivity index (χ3n) is 7.25. The molecule has 0 N–H and O–H groups in total. The van der Waals surface area contributed by atoms with E-state index in [9.17, 15) is 0 Å². The zero-order chi connectivity index (χ0) is 16.4. The molecule has 0 aromatic carbocycles. The molecule has 0 aromatic rings. The second-order valence-electron chi connectivity index (χ2n) is 8.39. The molecule has 0 amide bonds. The van der Waals surface area contributed by atoms with Crippen LogP contribution in [0.3, 0.4) is 0 Å². The van der Waals surface area contributed by atoms with Crippen molar-refractivity contribution in [3.05, 3.63) is 23.3 Å². The van der Waals surface area contributed by atoms with Crippen molar-refractivity contribution in [3.63, 3.8) is 0 Å². The van der Waals surface area contributed by atoms with Gasteiger partial charge in [-0.25, -0.2) is 0 Å². The minimum Gasteiger partial charge on any atom is -0.381 e. The number of ether oxygens (including phenoxy) is 1. The average molecular weight is 305 g/mol. The van der Waals surface area contributed by atoms with Gasteiger partial charge in [0.25, 0.3) is 0 Å². The van der Waals surface area contributed by atoms with Gasteiger partial charge in [-0.05, 0) is 75.0 Å². The first-order valence-electron chi connectivity index (χ1n) is 9.16. The van der Waals surface area contributed by atoms with Crippen LogP contribution < -0.4 is 0 Å². The molecule has 2 aliphatic rings. The predicted molar refractivity (Wildman–Crippen MR) is 96.0 cm³/mol. The molecule has 126 valence electrons. The zero-order valence-corrected chi connectivity index (χ0v) is 15.7. The Labute approximate surface area is 138 Å². The van der Waals surface area contributed by atoms with Gasteiger partial charge in [-0.15, -0.1) is 0 Å². The molecule has 0 radical (unpaired) electrons. The van der Waals surface area contributed by atoms with Gasteiger partial charge >= 0.3 is 0 Å². The molecule has 1 heteroatoms. The van der Waals surface area contributed by atoms with Crippen LogP contribution in [-0.4, -0.2) is 13.7 Å². The summed E-state index contributed by atoms with van der Waals surface area (Å²) in [5.41, 5.74) is 4.08. The Balaban J connectivity index is 2.17. The van der Waals surface area contributed by atoms with Crippen molar-refractivity contribution >= 4 is 0 Å². The quantitative estimate of drug-likeness (QED) is 0.553. The van der Waals surface area contributed by atoms with Crippen LogP contribution in [-0.2, 0) is 4.74 Å². The van der Waals surface area contributed by atoms with E-state index in [0.717, 1.165) is 18.4 Å². The summed E-state index contributed by atoms with van der Waals surface area (Å²) < 4.78 is 5.18. The third-order valence-corrected chi connectivity index (χ3v) is 7.25. The number of allylic oxidation sites excluding steroid dienone is 3. The van der Waals surface area contributed by atoms with Crippen LogP contribution in [0.2, 0.25) is 0 Å². The lowest BCUT2D eigenvalue weighted by atomic mass is 9.47. The van der Waals surface area contributed by atoms with Gasteiger partial charge in [-0.2, -0.15) is 0 Å². The summed E-state index contributed by atoms with van der Waals surface area (Å²) in [5.74, 6) is 1.69. The molecule has 0 unspecified atom stereocenters. The van der Waals surface area contributed by atoms with E-state index in [2.05, 4.69) is 46.8 Å². The summed E-state index contributed by atoms with van der Waals surface area (Å²) in [5, 5.41) is 0. The molecule has 1 fully saturated rings. The Kier molecular flexibility index (Phi) is 5.59. The minimum absolute atomic E-state index is 0.448. The molecular weight excluding hydrogens is 268 g/mol. The van der Waals surface area contributed by atoms with E-state index >= 15 is 0 Å². The molecule has 0 aromatic heterocycles. The second kappa shape index (κ2) is 6.91. The first-order valence-corrected chi connectivity index (χ1v) is 9.16. The molecule has 4 atom stereocenters. The lowest BCUT2D eigenvalue weighted by molar-refractivity contribution is -0.0466. The molecule has 2 aliphatic carbocycles. The smallest absolute Gasteiger partial charge is 0.0646 e. The van der Waals surface area contributed by atoms with Gasteiger partial charge in [0.2, 0.25) is 0 Å². The van der Waals surface area contributed by atoms with Crippen LogP contribution in [0.4, 0.5) is 0 Å². The van der Waals surface area contributed by atoms with Crippen LogP contribution in [0.25, 0.3) is 0 Å². The summed E-state index contributed by atoms with van der Waals surface area (Å²) in [7, 11) is 1.77. The van der Waals surface area contributed by atoms with Gasteiger partial charge in [0.05, 0.1) is 6.61 Å². The van der Waals surface area contributed by atoms with Gasteiger partial charge < -0.3 is 4.74 Å². The largest absolute Gasteiger partial charge is 0.381 e. The molecular formula is C21H36O. The number of hydrogen-bond donors (Lipinski definition) is 0. The second-order valence-corrected chi connectivity index (χ2v) is 8.39. The molecule has 0 spiro atoms. The summed E-state index contributed by atoms with van der Waals surface area (Å²) >= 11 is 0. The topological polar surface area (TPSA) is 9.23 Å². The highest BCUT2D eigenvalue weighted by Crippen LogP contribution is 2.61. The summed E-state index contributed by atoms with van der Waals surface area (Å²) in [6.45, 7) is 13.0. The van der Waals surface area contributed by atoms with Crippen molar-refractivity contribution in [2.45, 2.75) is 73.1 Å². The monoisotopic (exact) mass is 304 g/mol. The van der Waals surface area contributed by atoms with Gasteiger partial charge in [-0.3, -0.25) is 0 Å². The van der Waals surface area contributed by atoms with Gasteiger partial charge in [0.1, 0.15) is 0 Å². The third kappa shape index (κ3) is 3.20. The average Bonchev–Trinajstić information content (AvgIpc) is 2.50. The highest BCUT2D eigenvalue weighted by atomic mass is 16.5. The Morgan fingerprint density at radius 3 is 2.77 bits per heavy atom.